The molecule has 0 saturated heterocycles. The zero-order valence-electron chi connectivity index (χ0n) is 14.4. The molecule has 0 saturated carbocycles. The predicted molar refractivity (Wildman–Crippen MR) is 100 cm³/mol. The fourth-order valence-corrected chi connectivity index (χ4v) is 2.77. The number of amides is 2. The molecule has 0 fully saturated rings. The van der Waals surface area contributed by atoms with Gasteiger partial charge in [-0.15, -0.1) is 0 Å². The highest BCUT2D eigenvalue weighted by Gasteiger charge is 2.09. The molecule has 0 atom stereocenters. The van der Waals surface area contributed by atoms with Crippen molar-refractivity contribution in [2.75, 3.05) is 17.5 Å². The van der Waals surface area contributed by atoms with Gasteiger partial charge in [0.1, 0.15) is 0 Å². The first-order valence-corrected chi connectivity index (χ1v) is 9.89. The van der Waals surface area contributed by atoms with Gasteiger partial charge in [0.25, 0.3) is 5.91 Å². The van der Waals surface area contributed by atoms with E-state index in [-0.39, 0.29) is 24.8 Å². The van der Waals surface area contributed by atoms with Crippen molar-refractivity contribution in [2.24, 2.45) is 0 Å². The van der Waals surface area contributed by atoms with Crippen molar-refractivity contribution in [3.8, 4) is 0 Å². The molecule has 138 valence electrons. The normalized spacial score (nSPS) is 10.8. The maximum atomic E-state index is 12.1. The van der Waals surface area contributed by atoms with Crippen LogP contribution < -0.4 is 15.4 Å². The Bertz CT molecular complexity index is 867. The molecular formula is C18H21N3O4S. The Morgan fingerprint density at radius 1 is 0.962 bits per heavy atom. The van der Waals surface area contributed by atoms with Crippen molar-refractivity contribution in [1.29, 1.82) is 0 Å². The van der Waals surface area contributed by atoms with Crippen molar-refractivity contribution in [3.63, 3.8) is 0 Å². The summed E-state index contributed by atoms with van der Waals surface area (Å²) in [6, 6.07) is 15.7. The topological polar surface area (TPSA) is 104 Å². The minimum atomic E-state index is -3.41. The van der Waals surface area contributed by atoms with Gasteiger partial charge in [0.15, 0.2) is 0 Å². The summed E-state index contributed by atoms with van der Waals surface area (Å²) in [5.74, 6) is -0.542. The molecule has 0 heterocycles. The molecule has 2 amide bonds. The van der Waals surface area contributed by atoms with E-state index < -0.39 is 10.0 Å². The van der Waals surface area contributed by atoms with Crippen LogP contribution >= 0.6 is 0 Å². The summed E-state index contributed by atoms with van der Waals surface area (Å²) in [5.41, 5.74) is 1.61. The van der Waals surface area contributed by atoms with Gasteiger partial charge in [-0.25, -0.2) is 8.42 Å². The first-order chi connectivity index (χ1) is 12.3. The highest BCUT2D eigenvalue weighted by Crippen LogP contribution is 2.11. The maximum Gasteiger partial charge on any atom is 0.251 e. The van der Waals surface area contributed by atoms with E-state index >= 15 is 0 Å². The number of carbonyl (C=O) groups excluding carboxylic acids is 2. The van der Waals surface area contributed by atoms with E-state index in [4.69, 9.17) is 0 Å². The molecule has 2 aromatic rings. The van der Waals surface area contributed by atoms with Crippen LogP contribution in [0, 0.1) is 0 Å². The Kier molecular flexibility index (Phi) is 6.74. The van der Waals surface area contributed by atoms with Crippen LogP contribution in [0.3, 0.4) is 0 Å². The van der Waals surface area contributed by atoms with E-state index in [1.807, 2.05) is 30.3 Å². The van der Waals surface area contributed by atoms with Crippen LogP contribution in [0.2, 0.25) is 0 Å². The molecule has 0 unspecified atom stereocenters. The lowest BCUT2D eigenvalue weighted by atomic mass is 10.2. The second kappa shape index (κ2) is 9.00. The van der Waals surface area contributed by atoms with Crippen LogP contribution in [0.5, 0.6) is 0 Å². The van der Waals surface area contributed by atoms with Crippen LogP contribution in [0.25, 0.3) is 0 Å². The lowest BCUT2D eigenvalue weighted by Crippen LogP contribution is -2.30. The molecule has 2 rings (SSSR count). The molecule has 8 heteroatoms. The van der Waals surface area contributed by atoms with E-state index in [1.165, 1.54) is 6.07 Å². The van der Waals surface area contributed by atoms with Crippen LogP contribution in [0.15, 0.2) is 54.6 Å². The molecule has 26 heavy (non-hydrogen) atoms. The minimum absolute atomic E-state index is 0.153. The van der Waals surface area contributed by atoms with Crippen LogP contribution in [-0.4, -0.2) is 33.0 Å². The lowest BCUT2D eigenvalue weighted by Gasteiger charge is -2.08. The summed E-state index contributed by atoms with van der Waals surface area (Å²) >= 11 is 0. The molecule has 2 aromatic carbocycles. The van der Waals surface area contributed by atoms with Crippen LogP contribution in [0.4, 0.5) is 5.69 Å². The number of anilines is 1. The Balaban J connectivity index is 1.78. The average Bonchev–Trinajstić information content (AvgIpc) is 2.59. The van der Waals surface area contributed by atoms with Gasteiger partial charge in [-0.1, -0.05) is 36.4 Å². The number of rotatable bonds is 8. The quantitative estimate of drug-likeness (QED) is 0.650. The van der Waals surface area contributed by atoms with Crippen LogP contribution in [0.1, 0.15) is 22.3 Å². The molecule has 3 N–H and O–H groups in total. The maximum absolute atomic E-state index is 12.1. The first-order valence-electron chi connectivity index (χ1n) is 8.00. The molecule has 0 aliphatic carbocycles. The molecule has 0 aliphatic heterocycles. The molecule has 0 radical (unpaired) electrons. The zero-order chi connectivity index (χ0) is 19.0. The van der Waals surface area contributed by atoms with E-state index in [0.717, 1.165) is 11.8 Å². The summed E-state index contributed by atoms with van der Waals surface area (Å²) in [6.45, 7) is 0.621. The molecule has 0 aliphatic rings. The van der Waals surface area contributed by atoms with E-state index in [0.29, 0.717) is 17.8 Å². The van der Waals surface area contributed by atoms with Gasteiger partial charge < -0.3 is 10.6 Å². The van der Waals surface area contributed by atoms with Gasteiger partial charge >= 0.3 is 0 Å². The van der Waals surface area contributed by atoms with Crippen LogP contribution in [-0.2, 0) is 21.4 Å². The number of benzene rings is 2. The first kappa shape index (κ1) is 19.5. The van der Waals surface area contributed by atoms with Crippen molar-refractivity contribution in [3.05, 3.63) is 65.7 Å². The van der Waals surface area contributed by atoms with Crippen molar-refractivity contribution < 1.29 is 18.0 Å². The second-order valence-electron chi connectivity index (χ2n) is 5.72. The third kappa shape index (κ3) is 6.94. The zero-order valence-corrected chi connectivity index (χ0v) is 15.2. The predicted octanol–water partition coefficient (Wildman–Crippen LogP) is 1.49. The molecular weight excluding hydrogens is 354 g/mol. The number of sulfonamides is 1. The third-order valence-corrected chi connectivity index (χ3v) is 4.00. The second-order valence-corrected chi connectivity index (χ2v) is 7.47. The molecule has 0 bridgehead atoms. The number of hydrogen-bond acceptors (Lipinski definition) is 4. The average molecular weight is 375 g/mol. The van der Waals surface area contributed by atoms with Gasteiger partial charge in [0, 0.05) is 30.8 Å². The molecule has 0 spiro atoms. The summed E-state index contributed by atoms with van der Waals surface area (Å²) in [4.78, 5) is 23.9. The summed E-state index contributed by atoms with van der Waals surface area (Å²) in [5, 5.41) is 5.42. The SMILES string of the molecule is CS(=O)(=O)Nc1cccc(C(=O)NCCC(=O)NCc2ccccc2)c1. The molecule has 7 nitrogen and oxygen atoms in total. The highest BCUT2D eigenvalue weighted by molar-refractivity contribution is 7.92. The largest absolute Gasteiger partial charge is 0.352 e. The van der Waals surface area contributed by atoms with E-state index in [2.05, 4.69) is 15.4 Å². The van der Waals surface area contributed by atoms with Crippen molar-refractivity contribution >= 4 is 27.5 Å². The Labute approximate surface area is 152 Å². The van der Waals surface area contributed by atoms with Crippen molar-refractivity contribution in [1.82, 2.24) is 10.6 Å². The number of hydrogen-bond donors (Lipinski definition) is 3. The van der Waals surface area contributed by atoms with E-state index in [1.54, 1.807) is 18.2 Å². The van der Waals surface area contributed by atoms with Gasteiger partial charge in [-0.3, -0.25) is 14.3 Å². The van der Waals surface area contributed by atoms with Gasteiger partial charge in [0.05, 0.1) is 6.26 Å². The number of carbonyl (C=O) groups is 2. The standard InChI is InChI=1S/C18H21N3O4S/c1-26(24,25)21-16-9-5-8-15(12-16)18(23)19-11-10-17(22)20-13-14-6-3-2-4-7-14/h2-9,12,21H,10-11,13H2,1H3,(H,19,23)(H,20,22). The lowest BCUT2D eigenvalue weighted by molar-refractivity contribution is -0.121. The number of nitrogens with one attached hydrogen (secondary N) is 3. The van der Waals surface area contributed by atoms with Crippen molar-refractivity contribution in [2.45, 2.75) is 13.0 Å². The fourth-order valence-electron chi connectivity index (χ4n) is 2.21. The molecule has 0 aromatic heterocycles. The fraction of sp³-hybridized carbons (Fsp3) is 0.222. The Morgan fingerprint density at radius 3 is 2.38 bits per heavy atom. The summed E-state index contributed by atoms with van der Waals surface area (Å²) < 4.78 is 24.8. The van der Waals surface area contributed by atoms with Gasteiger partial charge in [-0.05, 0) is 23.8 Å². The third-order valence-electron chi connectivity index (χ3n) is 3.40. The minimum Gasteiger partial charge on any atom is -0.352 e. The summed E-state index contributed by atoms with van der Waals surface area (Å²) in [7, 11) is -3.41. The summed E-state index contributed by atoms with van der Waals surface area (Å²) in [6.07, 6.45) is 1.19. The van der Waals surface area contributed by atoms with Gasteiger partial charge in [-0.2, -0.15) is 0 Å². The van der Waals surface area contributed by atoms with Gasteiger partial charge in [0.2, 0.25) is 15.9 Å². The Hall–Kier alpha value is -2.87. The Morgan fingerprint density at radius 2 is 1.69 bits per heavy atom. The smallest absolute Gasteiger partial charge is 0.251 e. The monoisotopic (exact) mass is 375 g/mol. The van der Waals surface area contributed by atoms with E-state index in [9.17, 15) is 18.0 Å². The highest BCUT2D eigenvalue weighted by atomic mass is 32.2.